The molecule has 114 valence electrons. The zero-order valence-corrected chi connectivity index (χ0v) is 14.0. The van der Waals surface area contributed by atoms with E-state index < -0.39 is 0 Å². The maximum atomic E-state index is 12.4. The van der Waals surface area contributed by atoms with Crippen molar-refractivity contribution in [2.75, 3.05) is 0 Å². The van der Waals surface area contributed by atoms with Crippen molar-refractivity contribution in [3.63, 3.8) is 0 Å². The van der Waals surface area contributed by atoms with E-state index >= 15 is 0 Å². The Morgan fingerprint density at radius 2 is 2.00 bits per heavy atom. The molecule has 5 nitrogen and oxygen atoms in total. The van der Waals surface area contributed by atoms with Gasteiger partial charge in [-0.05, 0) is 30.3 Å². The van der Waals surface area contributed by atoms with Crippen LogP contribution in [0.25, 0.3) is 11.4 Å². The number of nitrogens with zero attached hydrogens (tertiary/aromatic N) is 2. The highest BCUT2D eigenvalue weighted by atomic mass is 32.1. The summed E-state index contributed by atoms with van der Waals surface area (Å²) in [7, 11) is 0. The molecule has 0 aliphatic heterocycles. The summed E-state index contributed by atoms with van der Waals surface area (Å²) in [6.07, 6.45) is 0. The average Bonchev–Trinajstić information content (AvgIpc) is 2.69. The molecular weight excluding hydrogens is 284 g/mol. The van der Waals surface area contributed by atoms with Gasteiger partial charge in [0.25, 0.3) is 5.56 Å². The van der Waals surface area contributed by atoms with Crippen molar-refractivity contribution >= 4 is 12.2 Å². The number of aromatic amines is 2. The van der Waals surface area contributed by atoms with E-state index in [0.717, 1.165) is 12.2 Å². The second-order valence-electron chi connectivity index (χ2n) is 6.72. The molecule has 2 rings (SSSR count). The molecule has 0 aliphatic rings. The Balaban J connectivity index is 2.54. The molecule has 0 aromatic carbocycles. The number of H-pyrrole nitrogens is 2. The molecule has 0 unspecified atom stereocenters. The zero-order chi connectivity index (χ0) is 15.8. The van der Waals surface area contributed by atoms with E-state index in [2.05, 4.69) is 49.8 Å². The predicted octanol–water partition coefficient (Wildman–Crippen LogP) is 3.25. The van der Waals surface area contributed by atoms with Crippen molar-refractivity contribution in [2.45, 2.75) is 46.6 Å². The molecule has 2 N–H and O–H groups in total. The number of hydrogen-bond acceptors (Lipinski definition) is 3. The van der Waals surface area contributed by atoms with Crippen molar-refractivity contribution in [3.8, 4) is 11.4 Å². The van der Waals surface area contributed by atoms with Gasteiger partial charge in [0.1, 0.15) is 0 Å². The molecule has 2 heterocycles. The van der Waals surface area contributed by atoms with E-state index in [9.17, 15) is 4.79 Å². The summed E-state index contributed by atoms with van der Waals surface area (Å²) in [5, 5.41) is 6.99. The lowest BCUT2D eigenvalue weighted by Crippen LogP contribution is -2.21. The van der Waals surface area contributed by atoms with Gasteiger partial charge in [0.2, 0.25) is 0 Å². The van der Waals surface area contributed by atoms with Crippen LogP contribution in [0, 0.1) is 10.7 Å². The van der Waals surface area contributed by atoms with Crippen molar-refractivity contribution < 1.29 is 0 Å². The quantitative estimate of drug-likeness (QED) is 0.855. The lowest BCUT2D eigenvalue weighted by molar-refractivity contribution is 0.521. The van der Waals surface area contributed by atoms with Crippen molar-refractivity contribution in [1.29, 1.82) is 0 Å². The molecule has 0 amide bonds. The smallest absolute Gasteiger partial charge is 0.259 e. The minimum Gasteiger partial charge on any atom is -0.325 e. The van der Waals surface area contributed by atoms with Crippen LogP contribution in [0.15, 0.2) is 16.9 Å². The van der Waals surface area contributed by atoms with Crippen molar-refractivity contribution in [3.05, 3.63) is 33.0 Å². The number of pyridine rings is 1. The van der Waals surface area contributed by atoms with E-state index in [4.69, 9.17) is 12.2 Å². The molecule has 0 fully saturated rings. The Labute approximate surface area is 129 Å². The molecule has 21 heavy (non-hydrogen) atoms. The number of rotatable bonds is 3. The summed E-state index contributed by atoms with van der Waals surface area (Å²) in [5.41, 5.74) is 1.21. The van der Waals surface area contributed by atoms with Gasteiger partial charge >= 0.3 is 0 Å². The van der Waals surface area contributed by atoms with E-state index in [0.29, 0.717) is 22.1 Å². The second-order valence-corrected chi connectivity index (χ2v) is 7.11. The first-order valence-corrected chi connectivity index (χ1v) is 7.50. The number of nitrogens with one attached hydrogen (secondary N) is 2. The highest BCUT2D eigenvalue weighted by Gasteiger charge is 2.18. The van der Waals surface area contributed by atoms with Gasteiger partial charge in [-0.1, -0.05) is 34.6 Å². The van der Waals surface area contributed by atoms with Crippen LogP contribution in [-0.2, 0) is 12.0 Å². The SMILES string of the molecule is CC(C)Cn1c(-c2ccc(C(C)(C)C)[nH]c2=O)n[nH]c1=S. The van der Waals surface area contributed by atoms with Crippen molar-refractivity contribution in [2.24, 2.45) is 5.92 Å². The van der Waals surface area contributed by atoms with Gasteiger partial charge in [-0.3, -0.25) is 14.5 Å². The van der Waals surface area contributed by atoms with Crippen LogP contribution in [0.5, 0.6) is 0 Å². The third kappa shape index (κ3) is 3.32. The Morgan fingerprint density at radius 1 is 1.33 bits per heavy atom. The number of aromatic nitrogens is 4. The fourth-order valence-corrected chi connectivity index (χ4v) is 2.35. The van der Waals surface area contributed by atoms with Crippen LogP contribution in [-0.4, -0.2) is 19.7 Å². The van der Waals surface area contributed by atoms with Crippen LogP contribution in [0.3, 0.4) is 0 Å². The van der Waals surface area contributed by atoms with Crippen LogP contribution < -0.4 is 5.56 Å². The predicted molar refractivity (Wildman–Crippen MR) is 87.0 cm³/mol. The molecule has 2 aromatic rings. The van der Waals surface area contributed by atoms with Gasteiger partial charge in [-0.25, -0.2) is 0 Å². The fourth-order valence-electron chi connectivity index (χ4n) is 2.15. The largest absolute Gasteiger partial charge is 0.325 e. The molecule has 0 spiro atoms. The number of hydrogen-bond donors (Lipinski definition) is 2. The monoisotopic (exact) mass is 306 g/mol. The van der Waals surface area contributed by atoms with E-state index in [1.54, 1.807) is 0 Å². The minimum absolute atomic E-state index is 0.0969. The molecule has 0 saturated heterocycles. The fraction of sp³-hybridized carbons (Fsp3) is 0.533. The normalized spacial score (nSPS) is 12.1. The van der Waals surface area contributed by atoms with Crippen molar-refractivity contribution in [1.82, 2.24) is 19.7 Å². The lowest BCUT2D eigenvalue weighted by Gasteiger charge is -2.18. The van der Waals surface area contributed by atoms with Crippen LogP contribution in [0.2, 0.25) is 0 Å². The van der Waals surface area contributed by atoms with Gasteiger partial charge in [-0.15, -0.1) is 0 Å². The van der Waals surface area contributed by atoms with Crippen LogP contribution in [0.1, 0.15) is 40.3 Å². The average molecular weight is 306 g/mol. The molecule has 0 bridgehead atoms. The first-order chi connectivity index (χ1) is 9.70. The standard InChI is InChI=1S/C15H22N4OS/c1-9(2)8-19-12(17-18-14(19)21)10-6-7-11(15(3,4)5)16-13(10)20/h6-7,9H,8H2,1-5H3,(H,16,20)(H,18,21). The summed E-state index contributed by atoms with van der Waals surface area (Å²) in [4.78, 5) is 15.3. The Hall–Kier alpha value is -1.69. The molecule has 0 atom stereocenters. The summed E-state index contributed by atoms with van der Waals surface area (Å²) < 4.78 is 2.42. The second kappa shape index (κ2) is 5.60. The van der Waals surface area contributed by atoms with Gasteiger partial charge < -0.3 is 4.98 Å². The Bertz CT molecular complexity index is 746. The highest BCUT2D eigenvalue weighted by Crippen LogP contribution is 2.21. The summed E-state index contributed by atoms with van der Waals surface area (Å²) in [6.45, 7) is 11.1. The van der Waals surface area contributed by atoms with Gasteiger partial charge in [-0.2, -0.15) is 5.10 Å². The summed E-state index contributed by atoms with van der Waals surface area (Å²) >= 11 is 5.25. The van der Waals surface area contributed by atoms with Crippen LogP contribution in [0.4, 0.5) is 0 Å². The molecular formula is C15H22N4OS. The highest BCUT2D eigenvalue weighted by molar-refractivity contribution is 7.71. The van der Waals surface area contributed by atoms with Gasteiger partial charge in [0.05, 0.1) is 5.56 Å². The molecule has 0 aliphatic carbocycles. The summed E-state index contributed by atoms with van der Waals surface area (Å²) in [6, 6.07) is 3.76. The Kier molecular flexibility index (Phi) is 4.18. The lowest BCUT2D eigenvalue weighted by atomic mass is 9.91. The van der Waals surface area contributed by atoms with Gasteiger partial charge in [0, 0.05) is 17.7 Å². The molecule has 2 aromatic heterocycles. The molecule has 0 saturated carbocycles. The Morgan fingerprint density at radius 3 is 2.52 bits per heavy atom. The first-order valence-electron chi connectivity index (χ1n) is 7.09. The molecule has 6 heteroatoms. The molecule has 0 radical (unpaired) electrons. The van der Waals surface area contributed by atoms with Crippen LogP contribution >= 0.6 is 12.2 Å². The van der Waals surface area contributed by atoms with E-state index in [1.165, 1.54) is 0 Å². The topological polar surface area (TPSA) is 66.5 Å². The van der Waals surface area contributed by atoms with Gasteiger partial charge in [0.15, 0.2) is 10.6 Å². The van der Waals surface area contributed by atoms with E-state index in [1.807, 2.05) is 16.7 Å². The van der Waals surface area contributed by atoms with E-state index in [-0.39, 0.29) is 11.0 Å². The third-order valence-corrected chi connectivity index (χ3v) is 3.58. The maximum Gasteiger partial charge on any atom is 0.259 e. The zero-order valence-electron chi connectivity index (χ0n) is 13.2. The minimum atomic E-state index is -0.138. The summed E-state index contributed by atoms with van der Waals surface area (Å²) in [5.74, 6) is 1.01. The third-order valence-electron chi connectivity index (χ3n) is 3.26. The maximum absolute atomic E-state index is 12.4. The first kappa shape index (κ1) is 15.7.